The third-order valence-corrected chi connectivity index (χ3v) is 3.52. The van der Waals surface area contributed by atoms with Crippen LogP contribution in [0.2, 0.25) is 0 Å². The minimum atomic E-state index is -0.0640. The maximum atomic E-state index is 6.01. The summed E-state index contributed by atoms with van der Waals surface area (Å²) in [6.45, 7) is 7.06. The van der Waals surface area contributed by atoms with E-state index in [1.807, 2.05) is 0 Å². The molecule has 0 amide bonds. The summed E-state index contributed by atoms with van der Waals surface area (Å²) in [6, 6.07) is 0. The first-order valence-electron chi connectivity index (χ1n) is 6.25. The Balaban J connectivity index is 2.02. The summed E-state index contributed by atoms with van der Waals surface area (Å²) in [5.41, 5.74) is 0.175. The third kappa shape index (κ3) is 2.19. The highest BCUT2D eigenvalue weighted by molar-refractivity contribution is 5.01. The van der Waals surface area contributed by atoms with Crippen LogP contribution in [0, 0.1) is 0 Å². The topological polar surface area (TPSA) is 30.5 Å². The molecule has 1 spiro atoms. The second-order valence-corrected chi connectivity index (χ2v) is 4.99. The van der Waals surface area contributed by atoms with E-state index < -0.39 is 0 Å². The molecule has 1 N–H and O–H groups in total. The van der Waals surface area contributed by atoms with Crippen LogP contribution in [0.4, 0.5) is 0 Å². The van der Waals surface area contributed by atoms with Crippen LogP contribution in [0.1, 0.15) is 46.0 Å². The van der Waals surface area contributed by atoms with E-state index >= 15 is 0 Å². The van der Waals surface area contributed by atoms with Crippen LogP contribution >= 0.6 is 0 Å². The maximum absolute atomic E-state index is 6.01. The highest BCUT2D eigenvalue weighted by Gasteiger charge is 2.48. The molecule has 2 aliphatic heterocycles. The summed E-state index contributed by atoms with van der Waals surface area (Å²) >= 11 is 0. The fourth-order valence-corrected chi connectivity index (χ4v) is 2.79. The molecule has 0 radical (unpaired) electrons. The minimum absolute atomic E-state index is 0.0640. The smallest absolute Gasteiger partial charge is 0.119 e. The van der Waals surface area contributed by atoms with Crippen molar-refractivity contribution in [1.29, 1.82) is 0 Å². The first-order chi connectivity index (χ1) is 7.24. The Morgan fingerprint density at radius 1 is 1.13 bits per heavy atom. The largest absolute Gasteiger partial charge is 0.377 e. The summed E-state index contributed by atoms with van der Waals surface area (Å²) in [5, 5.41) is 3.73. The zero-order chi connectivity index (χ0) is 10.8. The zero-order valence-electron chi connectivity index (χ0n) is 9.97. The van der Waals surface area contributed by atoms with E-state index in [0.717, 1.165) is 39.1 Å². The highest BCUT2D eigenvalue weighted by Crippen LogP contribution is 2.34. The number of hydrogen-bond acceptors (Lipinski definition) is 3. The molecule has 2 rings (SSSR count). The number of ether oxygens (including phenoxy) is 2. The zero-order valence-corrected chi connectivity index (χ0v) is 9.97. The maximum Gasteiger partial charge on any atom is 0.119 e. The molecule has 88 valence electrons. The third-order valence-electron chi connectivity index (χ3n) is 3.52. The molecular weight excluding hydrogens is 190 g/mol. The van der Waals surface area contributed by atoms with Gasteiger partial charge in [0.1, 0.15) is 5.72 Å². The standard InChI is InChI=1S/C12H23NO2/c1-3-5-12(6-4-2)13-11(7-8-15-12)9-14-10-11/h13H,3-10H2,1-2H3. The van der Waals surface area contributed by atoms with Crippen molar-refractivity contribution < 1.29 is 9.47 Å². The molecule has 2 heterocycles. The molecule has 0 aliphatic carbocycles. The molecule has 0 unspecified atom stereocenters. The molecule has 0 aromatic carbocycles. The van der Waals surface area contributed by atoms with Gasteiger partial charge in [0.2, 0.25) is 0 Å². The van der Waals surface area contributed by atoms with Gasteiger partial charge in [0.15, 0.2) is 0 Å². The molecule has 2 saturated heterocycles. The SMILES string of the molecule is CCCC1(CCC)NC2(CCO1)COC2. The van der Waals surface area contributed by atoms with Crippen LogP contribution in [0.3, 0.4) is 0 Å². The molecule has 0 atom stereocenters. The molecular formula is C12H23NO2. The first kappa shape index (κ1) is 11.4. The normalized spacial score (nSPS) is 27.6. The van der Waals surface area contributed by atoms with E-state index in [0.29, 0.717) is 0 Å². The van der Waals surface area contributed by atoms with Gasteiger partial charge in [-0.05, 0) is 19.3 Å². The Morgan fingerprint density at radius 2 is 1.80 bits per heavy atom. The molecule has 15 heavy (non-hydrogen) atoms. The van der Waals surface area contributed by atoms with Crippen LogP contribution in [0.5, 0.6) is 0 Å². The lowest BCUT2D eigenvalue weighted by Gasteiger charge is -2.53. The quantitative estimate of drug-likeness (QED) is 0.775. The Bertz CT molecular complexity index is 202. The van der Waals surface area contributed by atoms with Crippen molar-refractivity contribution in [1.82, 2.24) is 5.32 Å². The molecule has 0 saturated carbocycles. The van der Waals surface area contributed by atoms with Gasteiger partial charge >= 0.3 is 0 Å². The molecule has 2 fully saturated rings. The van der Waals surface area contributed by atoms with Gasteiger partial charge in [-0.25, -0.2) is 0 Å². The predicted molar refractivity (Wildman–Crippen MR) is 59.8 cm³/mol. The Labute approximate surface area is 92.5 Å². The predicted octanol–water partition coefficient (Wildman–Crippen LogP) is 2.06. The van der Waals surface area contributed by atoms with Gasteiger partial charge in [-0.15, -0.1) is 0 Å². The molecule has 3 heteroatoms. The van der Waals surface area contributed by atoms with E-state index in [9.17, 15) is 0 Å². The molecule has 3 nitrogen and oxygen atoms in total. The van der Waals surface area contributed by atoms with Gasteiger partial charge in [-0.1, -0.05) is 26.7 Å². The van der Waals surface area contributed by atoms with Gasteiger partial charge in [-0.2, -0.15) is 0 Å². The lowest BCUT2D eigenvalue weighted by atomic mass is 9.87. The Morgan fingerprint density at radius 3 is 2.27 bits per heavy atom. The van der Waals surface area contributed by atoms with Crippen molar-refractivity contribution in [2.75, 3.05) is 19.8 Å². The molecule has 2 aliphatic rings. The monoisotopic (exact) mass is 213 g/mol. The number of rotatable bonds is 4. The van der Waals surface area contributed by atoms with Crippen LogP contribution in [-0.2, 0) is 9.47 Å². The average molecular weight is 213 g/mol. The fourth-order valence-electron chi connectivity index (χ4n) is 2.79. The summed E-state index contributed by atoms with van der Waals surface area (Å²) in [6.07, 6.45) is 5.67. The summed E-state index contributed by atoms with van der Waals surface area (Å²) in [5.74, 6) is 0. The second kappa shape index (κ2) is 4.40. The summed E-state index contributed by atoms with van der Waals surface area (Å²) in [4.78, 5) is 0. The van der Waals surface area contributed by atoms with Gasteiger partial charge in [0, 0.05) is 0 Å². The van der Waals surface area contributed by atoms with Crippen molar-refractivity contribution in [3.05, 3.63) is 0 Å². The number of hydrogen-bond donors (Lipinski definition) is 1. The highest BCUT2D eigenvalue weighted by atomic mass is 16.5. The Kier molecular flexibility index (Phi) is 3.33. The molecule has 0 aromatic rings. The van der Waals surface area contributed by atoms with E-state index in [1.165, 1.54) is 12.8 Å². The van der Waals surface area contributed by atoms with Gasteiger partial charge in [0.25, 0.3) is 0 Å². The minimum Gasteiger partial charge on any atom is -0.377 e. The molecule has 0 aromatic heterocycles. The first-order valence-corrected chi connectivity index (χ1v) is 6.25. The van der Waals surface area contributed by atoms with Crippen LogP contribution in [0.25, 0.3) is 0 Å². The summed E-state index contributed by atoms with van der Waals surface area (Å²) in [7, 11) is 0. The van der Waals surface area contributed by atoms with Crippen molar-refractivity contribution in [3.63, 3.8) is 0 Å². The van der Waals surface area contributed by atoms with Gasteiger partial charge < -0.3 is 9.47 Å². The number of nitrogens with one attached hydrogen (secondary N) is 1. The van der Waals surface area contributed by atoms with Gasteiger partial charge in [0.05, 0.1) is 25.4 Å². The lowest BCUT2D eigenvalue weighted by Crippen LogP contribution is -2.71. The second-order valence-electron chi connectivity index (χ2n) is 4.99. The lowest BCUT2D eigenvalue weighted by molar-refractivity contribution is -0.201. The Hall–Kier alpha value is -0.120. The molecule has 0 bridgehead atoms. The van der Waals surface area contributed by atoms with Crippen molar-refractivity contribution in [3.8, 4) is 0 Å². The van der Waals surface area contributed by atoms with E-state index in [1.54, 1.807) is 0 Å². The summed E-state index contributed by atoms with van der Waals surface area (Å²) < 4.78 is 11.4. The fraction of sp³-hybridized carbons (Fsp3) is 1.00. The van der Waals surface area contributed by atoms with Gasteiger partial charge in [-0.3, -0.25) is 5.32 Å². The van der Waals surface area contributed by atoms with Crippen LogP contribution in [0.15, 0.2) is 0 Å². The van der Waals surface area contributed by atoms with E-state index in [2.05, 4.69) is 19.2 Å². The van der Waals surface area contributed by atoms with Crippen molar-refractivity contribution >= 4 is 0 Å². The average Bonchev–Trinajstić information content (AvgIpc) is 2.16. The van der Waals surface area contributed by atoms with Crippen LogP contribution in [-0.4, -0.2) is 31.1 Å². The van der Waals surface area contributed by atoms with Crippen molar-refractivity contribution in [2.24, 2.45) is 0 Å². The van der Waals surface area contributed by atoms with Crippen LogP contribution < -0.4 is 5.32 Å². The van der Waals surface area contributed by atoms with E-state index in [-0.39, 0.29) is 11.3 Å². The van der Waals surface area contributed by atoms with E-state index in [4.69, 9.17) is 9.47 Å². The van der Waals surface area contributed by atoms with Crippen molar-refractivity contribution in [2.45, 2.75) is 57.2 Å².